The number of nitrogens with one attached hydrogen (secondary N) is 1. The summed E-state index contributed by atoms with van der Waals surface area (Å²) in [5, 5.41) is 11.0. The van der Waals surface area contributed by atoms with Crippen LogP contribution in [0.1, 0.15) is 63.2 Å². The average molecular weight is 522 g/mol. The van der Waals surface area contributed by atoms with Gasteiger partial charge in [-0.15, -0.1) is 5.10 Å². The Kier molecular flexibility index (Phi) is 8.24. The first-order valence-corrected chi connectivity index (χ1v) is 11.7. The summed E-state index contributed by atoms with van der Waals surface area (Å²) < 4.78 is 56.9. The minimum Gasteiger partial charge on any atom is -0.483 e. The summed E-state index contributed by atoms with van der Waals surface area (Å²) in [5.74, 6) is -0.403. The van der Waals surface area contributed by atoms with E-state index in [9.17, 15) is 22.4 Å². The number of amides is 1. The Balaban J connectivity index is 1.83. The number of hydrogen-bond acceptors (Lipinski definition) is 5. The molecule has 0 bridgehead atoms. The fraction of sp³-hybridized carbons (Fsp3) is 0.462. The molecule has 1 unspecified atom stereocenters. The molecule has 200 valence electrons. The van der Waals surface area contributed by atoms with Crippen LogP contribution in [0.5, 0.6) is 5.75 Å². The second-order valence-corrected chi connectivity index (χ2v) is 10.5. The van der Waals surface area contributed by atoms with Gasteiger partial charge in [0.15, 0.2) is 6.61 Å². The standard InChI is InChI=1S/C26H31F4N5O2/c1-24(2,3)18-8-6-17(7-9-18)12-22(36)32-23(21-14-35(34-33-21)25(4,5)15-27)20-11-10-19(13-31-20)37-16-26(28,29)30/h6-11,13-14,23H,12,15-16H2,1-5H3,(H,32,36). The molecule has 1 amide bonds. The van der Waals surface area contributed by atoms with Gasteiger partial charge in [0.05, 0.1) is 30.0 Å². The van der Waals surface area contributed by atoms with Gasteiger partial charge in [-0.1, -0.05) is 50.3 Å². The van der Waals surface area contributed by atoms with Crippen molar-refractivity contribution in [1.29, 1.82) is 0 Å². The lowest BCUT2D eigenvalue weighted by Gasteiger charge is -2.20. The monoisotopic (exact) mass is 521 g/mol. The maximum absolute atomic E-state index is 13.5. The van der Waals surface area contributed by atoms with Crippen LogP contribution in [0.3, 0.4) is 0 Å². The molecule has 3 aromatic rings. The quantitative estimate of drug-likeness (QED) is 0.398. The summed E-state index contributed by atoms with van der Waals surface area (Å²) in [6, 6.07) is 9.63. The first-order valence-electron chi connectivity index (χ1n) is 11.7. The molecule has 2 heterocycles. The Hall–Kier alpha value is -3.50. The Labute approximate surface area is 213 Å². The lowest BCUT2D eigenvalue weighted by Crippen LogP contribution is -2.32. The van der Waals surface area contributed by atoms with Crippen molar-refractivity contribution in [3.63, 3.8) is 0 Å². The largest absolute Gasteiger partial charge is 0.483 e. The summed E-state index contributed by atoms with van der Waals surface area (Å²) in [7, 11) is 0. The zero-order valence-electron chi connectivity index (χ0n) is 21.4. The fourth-order valence-corrected chi connectivity index (χ4v) is 3.40. The van der Waals surface area contributed by atoms with E-state index in [0.29, 0.717) is 11.4 Å². The van der Waals surface area contributed by atoms with Crippen molar-refractivity contribution in [3.05, 3.63) is 71.3 Å². The average Bonchev–Trinajstić information content (AvgIpc) is 3.32. The molecule has 3 rings (SSSR count). The molecule has 0 aliphatic rings. The van der Waals surface area contributed by atoms with Crippen LogP contribution >= 0.6 is 0 Å². The van der Waals surface area contributed by atoms with Crippen LogP contribution < -0.4 is 10.1 Å². The van der Waals surface area contributed by atoms with Gasteiger partial charge in [-0.3, -0.25) is 9.78 Å². The third-order valence-electron chi connectivity index (χ3n) is 5.70. The van der Waals surface area contributed by atoms with E-state index < -0.39 is 31.0 Å². The Bertz CT molecular complexity index is 1180. The van der Waals surface area contributed by atoms with Gasteiger partial charge in [-0.25, -0.2) is 9.07 Å². The summed E-state index contributed by atoms with van der Waals surface area (Å²) >= 11 is 0. The lowest BCUT2D eigenvalue weighted by molar-refractivity contribution is -0.153. The zero-order chi connectivity index (χ0) is 27.4. The number of hydrogen-bond donors (Lipinski definition) is 1. The number of halogens is 4. The molecule has 0 aliphatic carbocycles. The van der Waals surface area contributed by atoms with Crippen molar-refractivity contribution in [2.75, 3.05) is 13.3 Å². The number of carbonyl (C=O) groups excluding carboxylic acids is 1. The molecule has 0 spiro atoms. The topological polar surface area (TPSA) is 81.9 Å². The number of carbonyl (C=O) groups is 1. The predicted molar refractivity (Wildman–Crippen MR) is 130 cm³/mol. The molecule has 0 saturated heterocycles. The highest BCUT2D eigenvalue weighted by atomic mass is 19.4. The van der Waals surface area contributed by atoms with Gasteiger partial charge in [0.25, 0.3) is 0 Å². The minimum absolute atomic E-state index is 0.0211. The van der Waals surface area contributed by atoms with Gasteiger partial charge in [-0.2, -0.15) is 13.2 Å². The van der Waals surface area contributed by atoms with Crippen LogP contribution in [0.25, 0.3) is 0 Å². The van der Waals surface area contributed by atoms with Crippen molar-refractivity contribution in [2.24, 2.45) is 0 Å². The highest BCUT2D eigenvalue weighted by Gasteiger charge is 2.29. The summed E-state index contributed by atoms with van der Waals surface area (Å²) in [4.78, 5) is 17.2. The zero-order valence-corrected chi connectivity index (χ0v) is 21.4. The van der Waals surface area contributed by atoms with Crippen LogP contribution in [-0.2, 0) is 22.2 Å². The van der Waals surface area contributed by atoms with Crippen molar-refractivity contribution < 1.29 is 27.1 Å². The van der Waals surface area contributed by atoms with Crippen LogP contribution in [0, 0.1) is 0 Å². The molecule has 0 saturated carbocycles. The van der Waals surface area contributed by atoms with E-state index >= 15 is 0 Å². The summed E-state index contributed by atoms with van der Waals surface area (Å²) in [5.41, 5.74) is 1.56. The molecule has 0 radical (unpaired) electrons. The molecular weight excluding hydrogens is 490 g/mol. The van der Waals surface area contributed by atoms with E-state index in [1.54, 1.807) is 13.8 Å². The summed E-state index contributed by atoms with van der Waals surface area (Å²) in [6.07, 6.45) is -1.75. The van der Waals surface area contributed by atoms with Crippen LogP contribution in [-0.4, -0.2) is 45.3 Å². The first kappa shape index (κ1) is 28.1. The number of rotatable bonds is 9. The number of benzene rings is 1. The summed E-state index contributed by atoms with van der Waals surface area (Å²) in [6.45, 7) is 7.45. The van der Waals surface area contributed by atoms with Crippen LogP contribution in [0.4, 0.5) is 17.6 Å². The van der Waals surface area contributed by atoms with Gasteiger partial charge in [-0.05, 0) is 42.5 Å². The maximum atomic E-state index is 13.5. The van der Waals surface area contributed by atoms with E-state index in [1.165, 1.54) is 23.0 Å². The Morgan fingerprint density at radius 2 is 1.70 bits per heavy atom. The van der Waals surface area contributed by atoms with Crippen molar-refractivity contribution in [1.82, 2.24) is 25.3 Å². The molecule has 1 aromatic carbocycles. The normalized spacial score (nSPS) is 13.3. The van der Waals surface area contributed by atoms with Crippen molar-refractivity contribution in [3.8, 4) is 5.75 Å². The Morgan fingerprint density at radius 3 is 2.24 bits per heavy atom. The van der Waals surface area contributed by atoms with Crippen molar-refractivity contribution in [2.45, 2.75) is 64.2 Å². The fourth-order valence-electron chi connectivity index (χ4n) is 3.40. The highest BCUT2D eigenvalue weighted by molar-refractivity contribution is 5.79. The van der Waals surface area contributed by atoms with E-state index in [0.717, 1.165) is 17.3 Å². The second kappa shape index (κ2) is 10.9. The number of pyridine rings is 1. The van der Waals surface area contributed by atoms with Crippen LogP contribution in [0.15, 0.2) is 48.8 Å². The van der Waals surface area contributed by atoms with E-state index in [2.05, 4.69) is 41.4 Å². The van der Waals surface area contributed by atoms with Gasteiger partial charge in [0.2, 0.25) is 5.91 Å². The predicted octanol–water partition coefficient (Wildman–Crippen LogP) is 5.06. The number of aromatic nitrogens is 4. The molecule has 37 heavy (non-hydrogen) atoms. The van der Waals surface area contributed by atoms with Crippen molar-refractivity contribution >= 4 is 5.91 Å². The molecular formula is C26H31F4N5O2. The number of ether oxygens (including phenoxy) is 1. The molecule has 7 nitrogen and oxygen atoms in total. The molecule has 11 heteroatoms. The molecule has 0 aliphatic heterocycles. The van der Waals surface area contributed by atoms with Gasteiger partial charge in [0.1, 0.15) is 24.2 Å². The molecule has 1 N–H and O–H groups in total. The van der Waals surface area contributed by atoms with E-state index in [1.807, 2.05) is 24.3 Å². The second-order valence-electron chi connectivity index (χ2n) is 10.5. The smallest absolute Gasteiger partial charge is 0.422 e. The molecule has 0 fully saturated rings. The lowest BCUT2D eigenvalue weighted by atomic mass is 9.86. The minimum atomic E-state index is -4.48. The van der Waals surface area contributed by atoms with E-state index in [4.69, 9.17) is 4.74 Å². The van der Waals surface area contributed by atoms with Gasteiger partial charge < -0.3 is 10.1 Å². The van der Waals surface area contributed by atoms with Gasteiger partial charge >= 0.3 is 6.18 Å². The Morgan fingerprint density at radius 1 is 1.03 bits per heavy atom. The number of alkyl halides is 4. The van der Waals surface area contributed by atoms with E-state index in [-0.39, 0.29) is 23.5 Å². The SMILES string of the molecule is CC(C)(C)c1ccc(CC(=O)NC(c2ccc(OCC(F)(F)F)cn2)c2cn(C(C)(C)CF)nn2)cc1. The third-order valence-corrected chi connectivity index (χ3v) is 5.70. The number of nitrogens with zero attached hydrogens (tertiary/aromatic N) is 4. The third kappa shape index (κ3) is 7.74. The first-order chi connectivity index (χ1) is 17.2. The highest BCUT2D eigenvalue weighted by Crippen LogP contribution is 2.25. The molecule has 2 aromatic heterocycles. The van der Waals surface area contributed by atoms with Crippen LogP contribution in [0.2, 0.25) is 0 Å². The van der Waals surface area contributed by atoms with Gasteiger partial charge in [0, 0.05) is 0 Å². The maximum Gasteiger partial charge on any atom is 0.422 e. The molecule has 1 atom stereocenters.